The third-order valence-electron chi connectivity index (χ3n) is 3.85. The fourth-order valence-electron chi connectivity index (χ4n) is 2.35. The highest BCUT2D eigenvalue weighted by molar-refractivity contribution is 5.97. The first-order valence-corrected chi connectivity index (χ1v) is 8.68. The number of nitrogens with two attached hydrogens (primary N) is 1. The van der Waals surface area contributed by atoms with Gasteiger partial charge in [-0.25, -0.2) is 4.79 Å². The van der Waals surface area contributed by atoms with E-state index < -0.39 is 17.9 Å². The van der Waals surface area contributed by atoms with Crippen LogP contribution in [0.4, 0.5) is 5.69 Å². The fraction of sp³-hybridized carbons (Fsp3) is 0.300. The van der Waals surface area contributed by atoms with Crippen molar-refractivity contribution in [2.24, 2.45) is 0 Å². The van der Waals surface area contributed by atoms with Crippen LogP contribution in [-0.2, 0) is 16.0 Å². The Morgan fingerprint density at radius 2 is 1.89 bits per heavy atom. The summed E-state index contributed by atoms with van der Waals surface area (Å²) in [5.41, 5.74) is 7.66. The number of hydrogen-bond donors (Lipinski definition) is 3. The summed E-state index contributed by atoms with van der Waals surface area (Å²) in [5.74, 6) is -0.310. The van der Waals surface area contributed by atoms with Crippen molar-refractivity contribution in [2.45, 2.75) is 26.3 Å². The third-order valence-corrected chi connectivity index (χ3v) is 3.85. The molecule has 0 saturated carbocycles. The number of anilines is 1. The van der Waals surface area contributed by atoms with Gasteiger partial charge in [-0.15, -0.1) is 0 Å². The predicted molar refractivity (Wildman–Crippen MR) is 102 cm³/mol. The summed E-state index contributed by atoms with van der Waals surface area (Å²) in [6.07, 6.45) is 0.621. The minimum atomic E-state index is -0.756. The van der Waals surface area contributed by atoms with E-state index in [1.807, 2.05) is 12.1 Å². The Bertz CT molecular complexity index is 789. The molecule has 0 aliphatic rings. The van der Waals surface area contributed by atoms with Crippen molar-refractivity contribution in [1.82, 2.24) is 5.32 Å². The second-order valence-electron chi connectivity index (χ2n) is 5.96. The molecule has 0 spiro atoms. The van der Waals surface area contributed by atoms with E-state index in [4.69, 9.17) is 15.2 Å². The molecular formula is C20H24N2O5. The van der Waals surface area contributed by atoms with Gasteiger partial charge in [0.05, 0.1) is 18.9 Å². The Morgan fingerprint density at radius 3 is 2.56 bits per heavy atom. The molecule has 0 heterocycles. The third kappa shape index (κ3) is 5.91. The maximum Gasteiger partial charge on any atom is 0.328 e. The molecule has 2 rings (SSSR count). The molecule has 7 heteroatoms. The lowest BCUT2D eigenvalue weighted by Crippen LogP contribution is -2.39. The molecular weight excluding hydrogens is 348 g/mol. The molecule has 144 valence electrons. The molecule has 0 radical (unpaired) electrons. The van der Waals surface area contributed by atoms with Crippen molar-refractivity contribution in [3.05, 3.63) is 53.6 Å². The summed E-state index contributed by atoms with van der Waals surface area (Å²) in [7, 11) is 0. The second-order valence-corrected chi connectivity index (χ2v) is 5.96. The molecule has 2 aromatic carbocycles. The molecule has 0 saturated heterocycles. The topological polar surface area (TPSA) is 111 Å². The van der Waals surface area contributed by atoms with E-state index in [9.17, 15) is 14.7 Å². The van der Waals surface area contributed by atoms with E-state index in [0.29, 0.717) is 30.0 Å². The first kappa shape index (κ1) is 20.1. The van der Waals surface area contributed by atoms with E-state index in [0.717, 1.165) is 5.56 Å². The van der Waals surface area contributed by atoms with Gasteiger partial charge in [-0.2, -0.15) is 0 Å². The zero-order valence-corrected chi connectivity index (χ0v) is 15.4. The zero-order chi connectivity index (χ0) is 19.8. The number of nitrogens with one attached hydrogen (secondary N) is 1. The number of carbonyl (C=O) groups is 2. The second kappa shape index (κ2) is 9.47. The van der Waals surface area contributed by atoms with Gasteiger partial charge in [-0.3, -0.25) is 4.79 Å². The quantitative estimate of drug-likeness (QED) is 0.484. The Kier molecular flexibility index (Phi) is 7.05. The van der Waals surface area contributed by atoms with Gasteiger partial charge in [0.15, 0.2) is 0 Å². The number of nitrogen functional groups attached to an aromatic ring is 1. The van der Waals surface area contributed by atoms with Gasteiger partial charge in [0.1, 0.15) is 17.5 Å². The van der Waals surface area contributed by atoms with Crippen LogP contribution in [0.25, 0.3) is 0 Å². The summed E-state index contributed by atoms with van der Waals surface area (Å²) in [4.78, 5) is 23.9. The Morgan fingerprint density at radius 1 is 1.19 bits per heavy atom. The number of phenolic OH excluding ortho intramolecular Hbond substituents is 1. The predicted octanol–water partition coefficient (Wildman–Crippen LogP) is 2.28. The number of rotatable bonds is 8. The van der Waals surface area contributed by atoms with Crippen LogP contribution in [0.5, 0.6) is 11.5 Å². The molecule has 2 aromatic rings. The Labute approximate surface area is 158 Å². The van der Waals surface area contributed by atoms with Gasteiger partial charge in [0.2, 0.25) is 0 Å². The fourth-order valence-corrected chi connectivity index (χ4v) is 2.35. The van der Waals surface area contributed by atoms with E-state index >= 15 is 0 Å². The number of esters is 1. The highest BCUT2D eigenvalue weighted by atomic mass is 16.5. The van der Waals surface area contributed by atoms with E-state index in [1.165, 1.54) is 0 Å². The van der Waals surface area contributed by atoms with Gasteiger partial charge in [-0.1, -0.05) is 12.1 Å². The van der Waals surface area contributed by atoms with Gasteiger partial charge < -0.3 is 25.6 Å². The number of hydrogen-bond acceptors (Lipinski definition) is 6. The average Bonchev–Trinajstić information content (AvgIpc) is 2.65. The van der Waals surface area contributed by atoms with Gasteiger partial charge in [0.25, 0.3) is 5.91 Å². The Balaban J connectivity index is 1.97. The number of carbonyl (C=O) groups excluding carboxylic acids is 2. The molecule has 0 aromatic heterocycles. The summed E-state index contributed by atoms with van der Waals surface area (Å²) >= 11 is 0. The molecule has 0 fully saturated rings. The van der Waals surface area contributed by atoms with Gasteiger partial charge >= 0.3 is 5.97 Å². The van der Waals surface area contributed by atoms with Crippen LogP contribution in [0, 0.1) is 0 Å². The van der Waals surface area contributed by atoms with E-state index in [1.54, 1.807) is 44.2 Å². The minimum Gasteiger partial charge on any atom is -0.508 e. The van der Waals surface area contributed by atoms with Crippen LogP contribution >= 0.6 is 0 Å². The maximum absolute atomic E-state index is 12.3. The first-order valence-electron chi connectivity index (χ1n) is 8.68. The van der Waals surface area contributed by atoms with Crippen LogP contribution in [-0.4, -0.2) is 36.2 Å². The van der Waals surface area contributed by atoms with E-state index in [2.05, 4.69) is 5.32 Å². The lowest BCUT2D eigenvalue weighted by Gasteiger charge is -2.14. The van der Waals surface area contributed by atoms with Crippen molar-refractivity contribution in [2.75, 3.05) is 18.9 Å². The monoisotopic (exact) mass is 372 g/mol. The number of benzene rings is 2. The highest BCUT2D eigenvalue weighted by Crippen LogP contribution is 2.23. The first-order chi connectivity index (χ1) is 12.9. The molecule has 0 aliphatic heterocycles. The number of amides is 1. The molecule has 0 aliphatic carbocycles. The summed E-state index contributed by atoms with van der Waals surface area (Å²) in [6.45, 7) is 3.87. The van der Waals surface area contributed by atoms with Gasteiger partial charge in [-0.05, 0) is 49.7 Å². The van der Waals surface area contributed by atoms with Crippen molar-refractivity contribution < 1.29 is 24.2 Å². The van der Waals surface area contributed by atoms with Crippen molar-refractivity contribution in [3.8, 4) is 11.5 Å². The van der Waals surface area contributed by atoms with Gasteiger partial charge in [0, 0.05) is 12.0 Å². The van der Waals surface area contributed by atoms with E-state index in [-0.39, 0.29) is 12.4 Å². The van der Waals surface area contributed by atoms with Crippen LogP contribution in [0.15, 0.2) is 42.5 Å². The summed E-state index contributed by atoms with van der Waals surface area (Å²) in [6, 6.07) is 10.8. The molecule has 7 nitrogen and oxygen atoms in total. The smallest absolute Gasteiger partial charge is 0.328 e. The lowest BCUT2D eigenvalue weighted by molar-refractivity contribution is -0.144. The summed E-state index contributed by atoms with van der Waals surface area (Å²) in [5, 5.41) is 11.9. The normalized spacial score (nSPS) is 11.5. The van der Waals surface area contributed by atoms with Crippen molar-refractivity contribution in [3.63, 3.8) is 0 Å². The van der Waals surface area contributed by atoms with Crippen LogP contribution in [0.2, 0.25) is 0 Å². The lowest BCUT2D eigenvalue weighted by atomic mass is 10.1. The minimum absolute atomic E-state index is 0.208. The van der Waals surface area contributed by atoms with Crippen molar-refractivity contribution >= 4 is 17.6 Å². The molecule has 1 amide bonds. The average molecular weight is 372 g/mol. The van der Waals surface area contributed by atoms with Crippen LogP contribution in [0.1, 0.15) is 29.8 Å². The summed E-state index contributed by atoms with van der Waals surface area (Å²) < 4.78 is 10.6. The van der Waals surface area contributed by atoms with Crippen LogP contribution < -0.4 is 15.8 Å². The van der Waals surface area contributed by atoms with Crippen LogP contribution in [0.3, 0.4) is 0 Å². The molecule has 1 atom stereocenters. The standard InChI is InChI=1S/C20H24N2O5/c1-3-26-20(25)13(2)22-19(24)15-6-9-17(21)18(12-15)27-11-10-14-4-7-16(23)8-5-14/h4-9,12-13,23H,3,10-11,21H2,1-2H3,(H,22,24). The molecule has 1 unspecified atom stereocenters. The maximum atomic E-state index is 12.3. The number of aromatic hydroxyl groups is 1. The molecule has 0 bridgehead atoms. The Hall–Kier alpha value is -3.22. The van der Waals surface area contributed by atoms with Crippen molar-refractivity contribution in [1.29, 1.82) is 0 Å². The number of phenols is 1. The SMILES string of the molecule is CCOC(=O)C(C)NC(=O)c1ccc(N)c(OCCc2ccc(O)cc2)c1. The number of ether oxygens (including phenoxy) is 2. The largest absolute Gasteiger partial charge is 0.508 e. The highest BCUT2D eigenvalue weighted by Gasteiger charge is 2.18. The molecule has 4 N–H and O–H groups in total. The molecule has 27 heavy (non-hydrogen) atoms. The zero-order valence-electron chi connectivity index (χ0n) is 15.4.